The molecule has 0 N–H and O–H groups in total. The summed E-state index contributed by atoms with van der Waals surface area (Å²) < 4.78 is 2.91. The largest absolute Gasteiger partial charge is 0.285 e. The van der Waals surface area contributed by atoms with E-state index in [2.05, 4.69) is 185 Å². The second-order valence-corrected chi connectivity index (χ2v) is 46.9. The fourth-order valence-electron chi connectivity index (χ4n) is 14.6. The summed E-state index contributed by atoms with van der Waals surface area (Å²) in [6, 6.07) is 57.9. The molecule has 4 aromatic carbocycles. The van der Waals surface area contributed by atoms with Crippen LogP contribution in [-0.4, -0.2) is 53.6 Å². The third-order valence-corrected chi connectivity index (χ3v) is 47.5. The predicted octanol–water partition coefficient (Wildman–Crippen LogP) is 17.0. The first-order valence-corrected chi connectivity index (χ1v) is 44.5. The molecule has 0 bridgehead atoms. The highest BCUT2D eigenvalue weighted by molar-refractivity contribution is 8.14. The molecule has 1 aliphatic rings. The van der Waals surface area contributed by atoms with Gasteiger partial charge < -0.3 is 0 Å². The van der Waals surface area contributed by atoms with Crippen LogP contribution in [0.2, 0.25) is 72.5 Å². The van der Waals surface area contributed by atoms with Gasteiger partial charge in [0.15, 0.2) is 0 Å². The van der Waals surface area contributed by atoms with Crippen molar-refractivity contribution in [2.45, 2.75) is 245 Å². The van der Waals surface area contributed by atoms with Crippen LogP contribution in [0.15, 0.2) is 97.1 Å². The second kappa shape index (κ2) is 31.2. The maximum Gasteiger partial charge on any atom is 0.206 e. The van der Waals surface area contributed by atoms with Crippen LogP contribution < -0.4 is 42.0 Å². The second-order valence-electron chi connectivity index (χ2n) is 22.7. The number of hydrogen-bond donors (Lipinski definition) is 0. The zero-order chi connectivity index (χ0) is 52.9. The molecule has 5 rings (SSSR count). The van der Waals surface area contributed by atoms with Crippen molar-refractivity contribution >= 4 is 107 Å². The van der Waals surface area contributed by atoms with Gasteiger partial charge in [-0.3, -0.25) is 4.79 Å². The molecule has 0 saturated carbocycles. The minimum Gasteiger partial charge on any atom is -0.285 e. The number of benzene rings is 4. The van der Waals surface area contributed by atoms with Crippen LogP contribution in [0.1, 0.15) is 167 Å². The summed E-state index contributed by atoms with van der Waals surface area (Å²) in [5.74, 6) is 0.902. The Kier molecular flexibility index (Phi) is 26.7. The smallest absolute Gasteiger partial charge is 0.206 e. The molecule has 0 spiro atoms. The lowest BCUT2D eigenvalue weighted by molar-refractivity contribution is -0.112. The van der Waals surface area contributed by atoms with Crippen molar-refractivity contribution in [3.8, 4) is 0 Å². The molecule has 73 heavy (non-hydrogen) atoms. The lowest BCUT2D eigenvalue weighted by Crippen LogP contribution is -2.48. The quantitative estimate of drug-likeness (QED) is 0.0338. The van der Waals surface area contributed by atoms with Crippen molar-refractivity contribution in [3.05, 3.63) is 97.1 Å². The molecule has 1 aliphatic heterocycles. The number of rotatable bonds is 35. The Balaban J connectivity index is 1.88. The van der Waals surface area contributed by atoms with Crippen molar-refractivity contribution in [1.29, 1.82) is 0 Å². The zero-order valence-corrected chi connectivity index (χ0v) is 55.5. The Hall–Kier alpha value is -1.41. The van der Waals surface area contributed by atoms with Gasteiger partial charge in [-0.25, -0.2) is 4.44 Å². The molecule has 1 fully saturated rings. The molecular weight excluding hydrogens is 1010 g/mol. The fraction of sp³-hybridized carbons (Fsp3) is 0.609. The molecule has 1 heterocycles. The van der Waals surface area contributed by atoms with Crippen LogP contribution in [0.5, 0.6) is 0 Å². The Bertz CT molecular complexity index is 1840. The van der Waals surface area contributed by atoms with E-state index in [4.69, 9.17) is 0 Å². The van der Waals surface area contributed by atoms with Gasteiger partial charge in [-0.1, -0.05) is 362 Å². The summed E-state index contributed by atoms with van der Waals surface area (Å²) in [5, 5.41) is 12.7. The molecule has 404 valence electrons. The first-order valence-electron chi connectivity index (χ1n) is 30.5. The first kappa shape index (κ1) is 62.4. The van der Waals surface area contributed by atoms with Gasteiger partial charge in [0, 0.05) is 21.9 Å². The number of hydrogen-bond acceptors (Lipinski definition) is 3. The topological polar surface area (TPSA) is 20.3 Å². The van der Waals surface area contributed by atoms with Crippen molar-refractivity contribution in [3.63, 3.8) is 0 Å². The lowest BCUT2D eigenvalue weighted by atomic mass is 10.3. The third-order valence-electron chi connectivity index (χ3n) is 17.2. The zero-order valence-electron chi connectivity index (χ0n) is 48.9. The number of thioether (sulfide) groups is 1. The standard InChI is InChI=1S/C64H105NOP2SSi4/c1-13-43-70(44-14-2,45-15-3)59-33-25-55(26-34-59)67(56-27-35-60(36-28-56)71(46-16-4,47-17-5)48-18-6)65(63-41-42-69-64(63)66)68(57-29-37-61(38-30-57)72(49-19-7,50-20-8)51-21-9)58-31-39-62(40-32-58)73(52-22-10,53-23-11)54-24-12/h25-40,63H,13-24,41-54H2,1-12H3. The molecule has 0 aliphatic carbocycles. The van der Waals surface area contributed by atoms with Crippen LogP contribution in [0, 0.1) is 0 Å². The Morgan fingerprint density at radius 1 is 0.356 bits per heavy atom. The maximum absolute atomic E-state index is 14.9. The first-order chi connectivity index (χ1) is 35.5. The molecule has 2 nitrogen and oxygen atoms in total. The van der Waals surface area contributed by atoms with Crippen LogP contribution in [0.3, 0.4) is 0 Å². The lowest BCUT2D eigenvalue weighted by Gasteiger charge is -2.42. The molecule has 0 radical (unpaired) electrons. The summed E-state index contributed by atoms with van der Waals surface area (Å²) in [4.78, 5) is 14.9. The van der Waals surface area contributed by atoms with Gasteiger partial charge in [-0.15, -0.1) is 0 Å². The van der Waals surface area contributed by atoms with Gasteiger partial charge in [-0.2, -0.15) is 0 Å². The highest BCUT2D eigenvalue weighted by atomic mass is 32.2. The van der Waals surface area contributed by atoms with E-state index in [1.165, 1.54) is 171 Å². The van der Waals surface area contributed by atoms with Crippen LogP contribution in [0.4, 0.5) is 0 Å². The molecule has 1 saturated heterocycles. The normalized spacial score (nSPS) is 14.9. The van der Waals surface area contributed by atoms with Crippen molar-refractivity contribution in [1.82, 2.24) is 4.44 Å². The van der Waals surface area contributed by atoms with Crippen LogP contribution in [-0.2, 0) is 4.79 Å². The van der Waals surface area contributed by atoms with E-state index in [-0.39, 0.29) is 6.04 Å². The average molecular weight is 1110 g/mol. The number of carbonyl (C=O) groups excluding carboxylic acids is 1. The highest BCUT2D eigenvalue weighted by Crippen LogP contribution is 2.58. The van der Waals surface area contributed by atoms with Gasteiger partial charge in [0.2, 0.25) is 5.12 Å². The predicted molar refractivity (Wildman–Crippen MR) is 349 cm³/mol. The number of carbonyl (C=O) groups is 1. The summed E-state index contributed by atoms with van der Waals surface area (Å²) >= 11 is 1.60. The van der Waals surface area contributed by atoms with E-state index >= 15 is 0 Å². The van der Waals surface area contributed by atoms with Gasteiger partial charge in [0.25, 0.3) is 0 Å². The molecule has 1 atom stereocenters. The molecular formula is C64H105NOP2SSi4. The summed E-state index contributed by atoms with van der Waals surface area (Å²) in [7, 11) is -8.92. The molecule has 1 unspecified atom stereocenters. The summed E-state index contributed by atoms with van der Waals surface area (Å²) in [6.45, 7) is 29.0. The van der Waals surface area contributed by atoms with Gasteiger partial charge in [0.1, 0.15) is 0 Å². The van der Waals surface area contributed by atoms with Crippen LogP contribution >= 0.6 is 27.9 Å². The van der Waals surface area contributed by atoms with E-state index in [9.17, 15) is 4.79 Å². The third kappa shape index (κ3) is 15.0. The van der Waals surface area contributed by atoms with Crippen molar-refractivity contribution in [2.75, 3.05) is 5.75 Å². The summed E-state index contributed by atoms with van der Waals surface area (Å²) in [6.07, 6.45) is 16.1. The van der Waals surface area contributed by atoms with E-state index in [1.807, 2.05) is 0 Å². The molecule has 4 aromatic rings. The maximum atomic E-state index is 14.9. The van der Waals surface area contributed by atoms with Gasteiger partial charge >= 0.3 is 0 Å². The minimum atomic E-state index is -1.68. The van der Waals surface area contributed by atoms with Gasteiger partial charge in [-0.05, 0) is 27.6 Å². The van der Waals surface area contributed by atoms with Crippen LogP contribution in [0.25, 0.3) is 0 Å². The van der Waals surface area contributed by atoms with E-state index in [1.54, 1.807) is 32.5 Å². The Labute approximate surface area is 461 Å². The molecule has 9 heteroatoms. The van der Waals surface area contributed by atoms with E-state index in [0.29, 0.717) is 5.12 Å². The Morgan fingerprint density at radius 3 is 0.699 bits per heavy atom. The monoisotopic (exact) mass is 1110 g/mol. The minimum absolute atomic E-state index is 0.147. The average Bonchev–Trinajstić information content (AvgIpc) is 3.82. The van der Waals surface area contributed by atoms with E-state index in [0.717, 1.165) is 12.2 Å². The summed E-state index contributed by atoms with van der Waals surface area (Å²) in [5.41, 5.74) is 0. The van der Waals surface area contributed by atoms with Crippen molar-refractivity contribution in [2.24, 2.45) is 0 Å². The molecule has 0 aromatic heterocycles. The van der Waals surface area contributed by atoms with Crippen molar-refractivity contribution < 1.29 is 4.79 Å². The highest BCUT2D eigenvalue weighted by Gasteiger charge is 2.44. The number of nitrogens with zero attached hydrogens (tertiary/aromatic N) is 1. The SMILES string of the molecule is CCC[Si](CCC)(CCC)c1ccc(P(c2ccc([Si](CCC)(CCC)CCC)cc2)N(C2CCSC2=O)P(c2ccc([Si](CCC)(CCC)CCC)cc2)c2ccc([Si](CCC)(CCC)CCC)cc2)cc1. The Morgan fingerprint density at radius 2 is 0.548 bits per heavy atom. The molecule has 0 amide bonds. The van der Waals surface area contributed by atoms with E-state index < -0.39 is 48.4 Å². The van der Waals surface area contributed by atoms with Gasteiger partial charge in [0.05, 0.1) is 38.3 Å². The fourth-order valence-corrected chi connectivity index (χ4v) is 43.4.